The molecule has 0 radical (unpaired) electrons. The average Bonchev–Trinajstić information content (AvgIpc) is 2.70. The van der Waals surface area contributed by atoms with Gasteiger partial charge in [-0.05, 0) is 18.1 Å². The molecule has 0 amide bonds. The zero-order valence-corrected chi connectivity index (χ0v) is 7.38. The van der Waals surface area contributed by atoms with E-state index in [1.807, 2.05) is 0 Å². The minimum absolute atomic E-state index is 0.0824. The zero-order chi connectivity index (χ0) is 10.1. The van der Waals surface area contributed by atoms with Gasteiger partial charge in [-0.2, -0.15) is 0 Å². The van der Waals surface area contributed by atoms with Crippen molar-refractivity contribution in [2.24, 2.45) is 0 Å². The molecule has 0 spiro atoms. The molecule has 1 saturated heterocycles. The van der Waals surface area contributed by atoms with E-state index in [-0.39, 0.29) is 5.55 Å². The highest BCUT2D eigenvalue weighted by molar-refractivity contribution is 5.75. The number of aliphatic carboxylic acids is 1. The Hall–Kier alpha value is -1.79. The Balaban J connectivity index is 2.25. The molecule has 0 unspecified atom stereocenters. The molecule has 7 nitrogen and oxygen atoms in total. The standard InChI is InChI=1S/C7H10N4O3/c8-6-4-11(9-14-6)10-3-1-2-5(10)7(12)13/h4-5,8H,1-3H2,(H,12,13)/t5-/m0/s1. The summed E-state index contributed by atoms with van der Waals surface area (Å²) in [7, 11) is 0. The van der Waals surface area contributed by atoms with E-state index in [9.17, 15) is 4.79 Å². The summed E-state index contributed by atoms with van der Waals surface area (Å²) in [6, 6.07) is -0.565. The monoisotopic (exact) mass is 198 g/mol. The van der Waals surface area contributed by atoms with Gasteiger partial charge in [0.05, 0.1) is 0 Å². The van der Waals surface area contributed by atoms with E-state index in [0.29, 0.717) is 13.0 Å². The van der Waals surface area contributed by atoms with Crippen LogP contribution in [0.1, 0.15) is 12.8 Å². The molecule has 0 aromatic carbocycles. The van der Waals surface area contributed by atoms with Gasteiger partial charge in [-0.15, -0.1) is 0 Å². The van der Waals surface area contributed by atoms with E-state index in [0.717, 1.165) is 6.42 Å². The van der Waals surface area contributed by atoms with Gasteiger partial charge >= 0.3 is 5.97 Å². The van der Waals surface area contributed by atoms with Crippen molar-refractivity contribution in [2.75, 3.05) is 11.6 Å². The summed E-state index contributed by atoms with van der Waals surface area (Å²) in [6.45, 7) is 0.619. The van der Waals surface area contributed by atoms with E-state index < -0.39 is 12.0 Å². The van der Waals surface area contributed by atoms with Gasteiger partial charge in [-0.25, -0.2) is 0 Å². The molecule has 1 aromatic heterocycles. The fraction of sp³-hybridized carbons (Fsp3) is 0.571. The Morgan fingerprint density at radius 1 is 1.86 bits per heavy atom. The second-order valence-electron chi connectivity index (χ2n) is 3.15. The lowest BCUT2D eigenvalue weighted by Gasteiger charge is -2.20. The fourth-order valence-electron chi connectivity index (χ4n) is 1.61. The van der Waals surface area contributed by atoms with Crippen LogP contribution in [0.25, 0.3) is 0 Å². The molecule has 1 fully saturated rings. The van der Waals surface area contributed by atoms with E-state index in [1.54, 1.807) is 5.01 Å². The van der Waals surface area contributed by atoms with Crippen molar-refractivity contribution in [2.45, 2.75) is 18.9 Å². The van der Waals surface area contributed by atoms with E-state index in [4.69, 9.17) is 10.5 Å². The highest BCUT2D eigenvalue weighted by Gasteiger charge is 2.30. The first-order valence-corrected chi connectivity index (χ1v) is 4.28. The minimum Gasteiger partial charge on any atom is -0.481 e. The molecule has 2 heterocycles. The van der Waals surface area contributed by atoms with Crippen molar-refractivity contribution < 1.29 is 19.2 Å². The summed E-state index contributed by atoms with van der Waals surface area (Å²) in [5.41, 5.74) is -0.0824. The Bertz CT molecular complexity index is 396. The summed E-state index contributed by atoms with van der Waals surface area (Å²) in [6.07, 6.45) is 2.76. The third kappa shape index (κ3) is 1.36. The van der Waals surface area contributed by atoms with Gasteiger partial charge in [-0.1, -0.05) is 4.79 Å². The van der Waals surface area contributed by atoms with Crippen molar-refractivity contribution in [1.82, 2.24) is 5.27 Å². The third-order valence-corrected chi connectivity index (χ3v) is 2.23. The fourth-order valence-corrected chi connectivity index (χ4v) is 1.61. The molecule has 2 rings (SSSR count). The first-order chi connectivity index (χ1) is 6.68. The highest BCUT2D eigenvalue weighted by atomic mass is 16.5. The van der Waals surface area contributed by atoms with Gasteiger partial charge in [-0.3, -0.25) is 15.2 Å². The van der Waals surface area contributed by atoms with Crippen LogP contribution >= 0.6 is 0 Å². The van der Waals surface area contributed by atoms with Crippen LogP contribution in [0.15, 0.2) is 10.7 Å². The number of nitrogens with zero attached hydrogens (tertiary/aromatic N) is 3. The lowest BCUT2D eigenvalue weighted by atomic mass is 10.2. The van der Waals surface area contributed by atoms with Crippen molar-refractivity contribution in [3.8, 4) is 0 Å². The zero-order valence-electron chi connectivity index (χ0n) is 7.38. The number of hydrogen-bond donors (Lipinski definition) is 2. The molecule has 0 saturated carbocycles. The normalized spacial score (nSPS) is 21.4. The number of hydrogen-bond acceptors (Lipinski definition) is 4. The second kappa shape index (κ2) is 3.17. The molecule has 7 heteroatoms. The van der Waals surface area contributed by atoms with Gasteiger partial charge < -0.3 is 9.63 Å². The second-order valence-corrected chi connectivity index (χ2v) is 3.15. The van der Waals surface area contributed by atoms with Gasteiger partial charge in [0.15, 0.2) is 0 Å². The maximum atomic E-state index is 10.8. The molecule has 1 aromatic rings. The molecule has 0 aliphatic carbocycles. The molecular formula is C7H10N4O3. The maximum Gasteiger partial charge on any atom is 0.311 e. The summed E-state index contributed by atoms with van der Waals surface area (Å²) >= 11 is 0. The largest absolute Gasteiger partial charge is 0.481 e. The van der Waals surface area contributed by atoms with Gasteiger partial charge in [0, 0.05) is 6.54 Å². The summed E-state index contributed by atoms with van der Waals surface area (Å²) < 4.78 is 4.55. The summed E-state index contributed by atoms with van der Waals surface area (Å²) in [5.74, 6) is -0.871. The topological polar surface area (TPSA) is 95.5 Å². The van der Waals surface area contributed by atoms with E-state index in [1.165, 1.54) is 11.0 Å². The van der Waals surface area contributed by atoms with Crippen LogP contribution in [0.3, 0.4) is 0 Å². The Labute approximate surface area is 79.0 Å². The van der Waals surface area contributed by atoms with Crippen LogP contribution < -0.4 is 20.6 Å². The van der Waals surface area contributed by atoms with Crippen molar-refractivity contribution in [3.05, 3.63) is 11.8 Å². The average molecular weight is 198 g/mol. The quantitative estimate of drug-likeness (QED) is 0.546. The number of carboxylic acids is 1. The van der Waals surface area contributed by atoms with Crippen LogP contribution in [-0.4, -0.2) is 23.7 Å². The minimum atomic E-state index is -0.871. The number of aromatic nitrogens is 2. The molecule has 0 bridgehead atoms. The molecule has 14 heavy (non-hydrogen) atoms. The molecule has 2 N–H and O–H groups in total. The number of carboxylic acid groups (broad SMARTS) is 1. The van der Waals surface area contributed by atoms with E-state index in [2.05, 4.69) is 9.79 Å². The third-order valence-electron chi connectivity index (χ3n) is 2.23. The molecular weight excluding hydrogens is 188 g/mol. The number of carbonyl (C=O) groups is 1. The smallest absolute Gasteiger partial charge is 0.311 e. The van der Waals surface area contributed by atoms with Crippen LogP contribution in [0.5, 0.6) is 0 Å². The molecule has 1 aliphatic rings. The number of rotatable bonds is 2. The Morgan fingerprint density at radius 3 is 3.21 bits per heavy atom. The van der Waals surface area contributed by atoms with Crippen molar-refractivity contribution >= 4 is 5.97 Å². The SMILES string of the molecule is N=c1c[n+](N2CCC[C@H]2C(=O)O)[n-]o1. The van der Waals surface area contributed by atoms with Crippen molar-refractivity contribution in [3.63, 3.8) is 0 Å². The van der Waals surface area contributed by atoms with Gasteiger partial charge in [0.2, 0.25) is 0 Å². The van der Waals surface area contributed by atoms with Gasteiger partial charge in [0.25, 0.3) is 11.8 Å². The Morgan fingerprint density at radius 2 is 2.64 bits per heavy atom. The van der Waals surface area contributed by atoms with Crippen LogP contribution in [0, 0.1) is 5.41 Å². The lowest BCUT2D eigenvalue weighted by molar-refractivity contribution is -0.764. The molecule has 1 atom stereocenters. The highest BCUT2D eigenvalue weighted by Crippen LogP contribution is 2.11. The van der Waals surface area contributed by atoms with Crippen LogP contribution in [0.4, 0.5) is 0 Å². The predicted molar refractivity (Wildman–Crippen MR) is 41.8 cm³/mol. The first-order valence-electron chi connectivity index (χ1n) is 4.28. The molecule has 76 valence electrons. The first kappa shape index (κ1) is 8.79. The predicted octanol–water partition coefficient (Wildman–Crippen LogP) is -1.81. The maximum absolute atomic E-state index is 10.8. The van der Waals surface area contributed by atoms with Crippen LogP contribution in [-0.2, 0) is 4.79 Å². The summed E-state index contributed by atoms with van der Waals surface area (Å²) in [4.78, 5) is 12.1. The van der Waals surface area contributed by atoms with E-state index >= 15 is 0 Å². The molecule has 1 aliphatic heterocycles. The van der Waals surface area contributed by atoms with Crippen LogP contribution in [0.2, 0.25) is 0 Å². The number of nitrogens with one attached hydrogen (secondary N) is 1. The Kier molecular flexibility index (Phi) is 1.99. The lowest BCUT2D eigenvalue weighted by Crippen LogP contribution is -2.63. The summed E-state index contributed by atoms with van der Waals surface area (Å²) in [5, 5.41) is 21.1. The van der Waals surface area contributed by atoms with Crippen molar-refractivity contribution in [1.29, 1.82) is 5.41 Å². The van der Waals surface area contributed by atoms with Gasteiger partial charge in [0.1, 0.15) is 6.04 Å².